The van der Waals surface area contributed by atoms with Crippen molar-refractivity contribution in [2.75, 3.05) is 0 Å². The summed E-state index contributed by atoms with van der Waals surface area (Å²) in [5.74, 6) is 3.81. The maximum absolute atomic E-state index is 10.4. The molecule has 0 heterocycles. The highest BCUT2D eigenvalue weighted by Gasteiger charge is 1.99. The lowest BCUT2D eigenvalue weighted by Gasteiger charge is -1.92. The molecule has 0 atom stereocenters. The molecule has 0 unspecified atom stereocenters. The number of hydrogen-bond donors (Lipinski definition) is 1. The lowest BCUT2D eigenvalue weighted by atomic mass is 10.1. The average Bonchev–Trinajstić information content (AvgIpc) is 2.15. The topological polar surface area (TPSA) is 61.1 Å². The van der Waals surface area contributed by atoms with Crippen LogP contribution in [-0.2, 0) is 0 Å². The first-order valence-electron chi connectivity index (χ1n) is 3.47. The molecule has 1 rings (SSSR count). The van der Waals surface area contributed by atoms with Crippen LogP contribution in [0.25, 0.3) is 0 Å². The molecule has 0 aromatic heterocycles. The maximum atomic E-state index is 10.4. The van der Waals surface area contributed by atoms with Crippen LogP contribution in [0.3, 0.4) is 0 Å². The summed E-state index contributed by atoms with van der Waals surface area (Å²) < 4.78 is 0. The Morgan fingerprint density at radius 1 is 1.31 bits per heavy atom. The van der Waals surface area contributed by atoms with Gasteiger partial charge in [0, 0.05) is 11.5 Å². The van der Waals surface area contributed by atoms with Crippen LogP contribution >= 0.6 is 0 Å². The van der Waals surface area contributed by atoms with Crippen molar-refractivity contribution in [1.29, 1.82) is 5.26 Å². The van der Waals surface area contributed by atoms with Crippen LogP contribution in [0.4, 0.5) is 0 Å². The van der Waals surface area contributed by atoms with Gasteiger partial charge < -0.3 is 5.11 Å². The normalized spacial score (nSPS) is 7.92. The molecule has 1 aromatic rings. The van der Waals surface area contributed by atoms with E-state index in [1.54, 1.807) is 18.2 Å². The number of benzene rings is 1. The van der Waals surface area contributed by atoms with E-state index in [0.29, 0.717) is 5.56 Å². The predicted octanol–water partition coefficient (Wildman–Crippen LogP) is 1.26. The Balaban J connectivity index is 2.95. The zero-order chi connectivity index (χ0) is 9.68. The molecule has 0 radical (unpaired) electrons. The molecule has 0 amide bonds. The molecule has 62 valence electrons. The first-order valence-corrected chi connectivity index (χ1v) is 3.47. The van der Waals surface area contributed by atoms with Gasteiger partial charge in [-0.2, -0.15) is 5.26 Å². The number of carboxylic acid groups (broad SMARTS) is 1. The van der Waals surface area contributed by atoms with Gasteiger partial charge in [-0.1, -0.05) is 5.92 Å². The fraction of sp³-hybridized carbons (Fsp3) is 0. The molecular formula is C10H5NO2. The summed E-state index contributed by atoms with van der Waals surface area (Å²) in [4.78, 5) is 10.4. The molecule has 0 saturated heterocycles. The number of aromatic carboxylic acids is 1. The number of carbonyl (C=O) groups is 1. The number of nitrogens with zero attached hydrogens (tertiary/aromatic N) is 1. The van der Waals surface area contributed by atoms with Crippen LogP contribution in [0, 0.1) is 23.2 Å². The molecule has 3 heteroatoms. The maximum Gasteiger partial charge on any atom is 0.335 e. The van der Waals surface area contributed by atoms with Crippen LogP contribution in [0.2, 0.25) is 0 Å². The van der Waals surface area contributed by atoms with Crippen molar-refractivity contribution in [2.24, 2.45) is 0 Å². The SMILES string of the molecule is N#CC#Cc1ccc(C(=O)O)cc1. The summed E-state index contributed by atoms with van der Waals surface area (Å²) in [5, 5.41) is 16.7. The van der Waals surface area contributed by atoms with Crippen molar-refractivity contribution in [1.82, 2.24) is 0 Å². The summed E-state index contributed by atoms with van der Waals surface area (Å²) in [6, 6.07) is 7.70. The second-order valence-electron chi connectivity index (χ2n) is 2.24. The van der Waals surface area contributed by atoms with Crippen LogP contribution in [0.5, 0.6) is 0 Å². The predicted molar refractivity (Wildman–Crippen MR) is 45.9 cm³/mol. The van der Waals surface area contributed by atoms with E-state index in [9.17, 15) is 4.79 Å². The van der Waals surface area contributed by atoms with E-state index in [1.807, 2.05) is 0 Å². The monoisotopic (exact) mass is 171 g/mol. The van der Waals surface area contributed by atoms with E-state index in [2.05, 4.69) is 11.8 Å². The van der Waals surface area contributed by atoms with Crippen molar-refractivity contribution < 1.29 is 9.90 Å². The Morgan fingerprint density at radius 3 is 2.38 bits per heavy atom. The molecule has 0 saturated carbocycles. The van der Waals surface area contributed by atoms with E-state index in [4.69, 9.17) is 10.4 Å². The summed E-state index contributed by atoms with van der Waals surface area (Å²) in [7, 11) is 0. The summed E-state index contributed by atoms with van der Waals surface area (Å²) >= 11 is 0. The van der Waals surface area contributed by atoms with Crippen molar-refractivity contribution in [2.45, 2.75) is 0 Å². The number of nitriles is 1. The third-order valence-electron chi connectivity index (χ3n) is 1.39. The van der Waals surface area contributed by atoms with Crippen molar-refractivity contribution in [3.05, 3.63) is 35.4 Å². The highest BCUT2D eigenvalue weighted by atomic mass is 16.4. The van der Waals surface area contributed by atoms with Crippen LogP contribution in [-0.4, -0.2) is 11.1 Å². The molecule has 0 aliphatic rings. The minimum absolute atomic E-state index is 0.211. The summed E-state index contributed by atoms with van der Waals surface area (Å²) in [6.07, 6.45) is 0. The summed E-state index contributed by atoms with van der Waals surface area (Å²) in [6.45, 7) is 0. The average molecular weight is 171 g/mol. The highest BCUT2D eigenvalue weighted by molar-refractivity contribution is 5.87. The van der Waals surface area contributed by atoms with Crippen LogP contribution in [0.1, 0.15) is 15.9 Å². The molecule has 0 aliphatic heterocycles. The van der Waals surface area contributed by atoms with Gasteiger partial charge >= 0.3 is 5.97 Å². The Hall–Kier alpha value is -2.26. The van der Waals surface area contributed by atoms with Gasteiger partial charge in [-0.3, -0.25) is 0 Å². The Labute approximate surface area is 75.2 Å². The third-order valence-corrected chi connectivity index (χ3v) is 1.39. The second-order valence-corrected chi connectivity index (χ2v) is 2.24. The molecule has 1 aromatic carbocycles. The highest BCUT2D eigenvalue weighted by Crippen LogP contribution is 2.02. The molecule has 1 N–H and O–H groups in total. The Kier molecular flexibility index (Phi) is 2.68. The molecular weight excluding hydrogens is 166 g/mol. The largest absolute Gasteiger partial charge is 0.478 e. The van der Waals surface area contributed by atoms with Gasteiger partial charge in [0.1, 0.15) is 0 Å². The molecule has 3 nitrogen and oxygen atoms in total. The number of rotatable bonds is 1. The van der Waals surface area contributed by atoms with Gasteiger partial charge in [-0.05, 0) is 24.3 Å². The van der Waals surface area contributed by atoms with Gasteiger partial charge in [0.2, 0.25) is 0 Å². The van der Waals surface area contributed by atoms with Crippen molar-refractivity contribution >= 4 is 5.97 Å². The quantitative estimate of drug-likeness (QED) is 0.647. The van der Waals surface area contributed by atoms with E-state index in [0.717, 1.165) is 0 Å². The molecule has 0 aliphatic carbocycles. The van der Waals surface area contributed by atoms with Crippen molar-refractivity contribution in [3.63, 3.8) is 0 Å². The van der Waals surface area contributed by atoms with Gasteiger partial charge in [0.15, 0.2) is 6.07 Å². The lowest BCUT2D eigenvalue weighted by Crippen LogP contribution is -1.94. The van der Waals surface area contributed by atoms with E-state index in [-0.39, 0.29) is 5.56 Å². The Morgan fingerprint density at radius 2 is 1.92 bits per heavy atom. The molecule has 0 spiro atoms. The van der Waals surface area contributed by atoms with Gasteiger partial charge in [-0.25, -0.2) is 4.79 Å². The fourth-order valence-electron chi connectivity index (χ4n) is 0.796. The van der Waals surface area contributed by atoms with E-state index in [1.165, 1.54) is 12.1 Å². The molecule has 0 fully saturated rings. The van der Waals surface area contributed by atoms with Crippen molar-refractivity contribution in [3.8, 4) is 17.9 Å². The fourth-order valence-corrected chi connectivity index (χ4v) is 0.796. The van der Waals surface area contributed by atoms with E-state index < -0.39 is 5.97 Å². The second kappa shape index (κ2) is 3.94. The van der Waals surface area contributed by atoms with Crippen LogP contribution in [0.15, 0.2) is 24.3 Å². The minimum Gasteiger partial charge on any atom is -0.478 e. The number of carboxylic acids is 1. The molecule has 13 heavy (non-hydrogen) atoms. The zero-order valence-corrected chi connectivity index (χ0v) is 6.61. The standard InChI is InChI=1S/C10H5NO2/c11-7-1-2-8-3-5-9(6-4-8)10(12)13/h3-6H,(H,12,13). The first kappa shape index (κ1) is 8.83. The third kappa shape index (κ3) is 2.36. The zero-order valence-electron chi connectivity index (χ0n) is 6.61. The number of hydrogen-bond acceptors (Lipinski definition) is 2. The summed E-state index contributed by atoms with van der Waals surface area (Å²) in [5.41, 5.74) is 0.842. The lowest BCUT2D eigenvalue weighted by molar-refractivity contribution is 0.0697. The molecule has 0 bridgehead atoms. The smallest absolute Gasteiger partial charge is 0.335 e. The van der Waals surface area contributed by atoms with E-state index >= 15 is 0 Å². The van der Waals surface area contributed by atoms with Crippen LogP contribution < -0.4 is 0 Å². The van der Waals surface area contributed by atoms with Gasteiger partial charge in [0.05, 0.1) is 5.56 Å². The van der Waals surface area contributed by atoms with Gasteiger partial charge in [-0.15, -0.1) is 0 Å². The minimum atomic E-state index is -0.972. The first-order chi connectivity index (χ1) is 6.24. The van der Waals surface area contributed by atoms with Gasteiger partial charge in [0.25, 0.3) is 0 Å². The Bertz CT molecular complexity index is 415.